The van der Waals surface area contributed by atoms with E-state index >= 15 is 0 Å². The lowest BCUT2D eigenvalue weighted by Gasteiger charge is -2.35. The number of rotatable bonds is 10. The van der Waals surface area contributed by atoms with E-state index in [1.807, 2.05) is 104 Å². The highest BCUT2D eigenvalue weighted by atomic mass is 16.5. The van der Waals surface area contributed by atoms with Gasteiger partial charge in [-0.15, -0.1) is 0 Å². The second-order valence-corrected chi connectivity index (χ2v) is 10.2. The van der Waals surface area contributed by atoms with Gasteiger partial charge in [0.25, 0.3) is 0 Å². The molecule has 4 aromatic carbocycles. The van der Waals surface area contributed by atoms with Crippen LogP contribution >= 0.6 is 0 Å². The fourth-order valence-corrected chi connectivity index (χ4v) is 5.18. The van der Waals surface area contributed by atoms with E-state index in [1.165, 1.54) is 0 Å². The van der Waals surface area contributed by atoms with Crippen molar-refractivity contribution in [2.45, 2.75) is 32.6 Å². The van der Waals surface area contributed by atoms with Crippen LogP contribution in [0.5, 0.6) is 23.0 Å². The van der Waals surface area contributed by atoms with Crippen molar-refractivity contribution < 1.29 is 23.7 Å². The van der Waals surface area contributed by atoms with E-state index < -0.39 is 6.03 Å². The van der Waals surface area contributed by atoms with Crippen molar-refractivity contribution in [3.8, 4) is 23.0 Å². The molecular formula is C35H36N2O5. The van der Waals surface area contributed by atoms with Crippen molar-refractivity contribution in [1.29, 1.82) is 0 Å². The highest BCUT2D eigenvalue weighted by Gasteiger charge is 2.29. The van der Waals surface area contributed by atoms with Crippen molar-refractivity contribution in [2.24, 2.45) is 5.73 Å². The predicted molar refractivity (Wildman–Crippen MR) is 164 cm³/mol. The first-order chi connectivity index (χ1) is 20.5. The standard InChI is InChI=1S/C35H36N2O5/c1-24-18-31(39-2)33(41-22-25-10-6-4-7-11-25)19-27(24)14-15-30-29-21-32(40-3)34(42-23-26-12-8-5-9-13-26)20-28(29)16-17-37(30)35(36)38/h4-15,18-21,30H,16-17,22-23H2,1-3H3,(H2,36,38)/b15-14+. The van der Waals surface area contributed by atoms with Crippen LogP contribution in [0.25, 0.3) is 6.08 Å². The number of carbonyl (C=O) groups excluding carboxylic acids is 1. The molecule has 2 amide bonds. The van der Waals surface area contributed by atoms with E-state index in [1.54, 1.807) is 19.1 Å². The van der Waals surface area contributed by atoms with Crippen LogP contribution in [0.2, 0.25) is 0 Å². The molecule has 7 nitrogen and oxygen atoms in total. The number of nitrogens with zero attached hydrogens (tertiary/aromatic N) is 1. The molecule has 1 atom stereocenters. The molecule has 0 saturated carbocycles. The molecule has 1 heterocycles. The van der Waals surface area contributed by atoms with Gasteiger partial charge in [-0.05, 0) is 71.0 Å². The number of amides is 2. The Labute approximate surface area is 247 Å². The maximum atomic E-state index is 12.5. The lowest BCUT2D eigenvalue weighted by atomic mass is 9.91. The van der Waals surface area contributed by atoms with Gasteiger partial charge in [-0.1, -0.05) is 72.8 Å². The fraction of sp³-hybridized carbons (Fsp3) is 0.229. The van der Waals surface area contributed by atoms with Crippen LogP contribution < -0.4 is 24.7 Å². The van der Waals surface area contributed by atoms with Gasteiger partial charge >= 0.3 is 6.03 Å². The molecule has 0 spiro atoms. The Balaban J connectivity index is 1.44. The Morgan fingerprint density at radius 3 is 1.98 bits per heavy atom. The highest BCUT2D eigenvalue weighted by molar-refractivity contribution is 5.74. The average Bonchev–Trinajstić information content (AvgIpc) is 3.02. The molecule has 2 N–H and O–H groups in total. The normalized spacial score (nSPS) is 14.4. The third-order valence-electron chi connectivity index (χ3n) is 7.47. The molecule has 1 aliphatic rings. The van der Waals surface area contributed by atoms with E-state index in [9.17, 15) is 4.79 Å². The number of methoxy groups -OCH3 is 2. The highest BCUT2D eigenvalue weighted by Crippen LogP contribution is 2.40. The summed E-state index contributed by atoms with van der Waals surface area (Å²) >= 11 is 0. The number of primary amides is 1. The second kappa shape index (κ2) is 13.2. The molecule has 7 heteroatoms. The summed E-state index contributed by atoms with van der Waals surface area (Å²) in [5, 5.41) is 0. The number of hydrogen-bond acceptors (Lipinski definition) is 5. The summed E-state index contributed by atoms with van der Waals surface area (Å²) in [4.78, 5) is 14.2. The quantitative estimate of drug-likeness (QED) is 0.228. The van der Waals surface area contributed by atoms with Crippen molar-refractivity contribution in [1.82, 2.24) is 4.90 Å². The van der Waals surface area contributed by atoms with Crippen molar-refractivity contribution in [3.05, 3.63) is 124 Å². The summed E-state index contributed by atoms with van der Waals surface area (Å²) in [5.41, 5.74) is 12.0. The maximum absolute atomic E-state index is 12.5. The van der Waals surface area contributed by atoms with Crippen LogP contribution in [0.15, 0.2) is 91.0 Å². The predicted octanol–water partition coefficient (Wildman–Crippen LogP) is 6.86. The zero-order chi connectivity index (χ0) is 29.5. The molecule has 1 aliphatic heterocycles. The van der Waals surface area contributed by atoms with Crippen molar-refractivity contribution >= 4 is 12.1 Å². The monoisotopic (exact) mass is 564 g/mol. The van der Waals surface area contributed by atoms with Gasteiger partial charge in [-0.3, -0.25) is 0 Å². The number of hydrogen-bond donors (Lipinski definition) is 1. The summed E-state index contributed by atoms with van der Waals surface area (Å²) in [6, 6.07) is 27.0. The summed E-state index contributed by atoms with van der Waals surface area (Å²) in [6.45, 7) is 3.36. The first kappa shape index (κ1) is 28.6. The Bertz CT molecular complexity index is 1550. The Hall–Kier alpha value is -4.91. The summed E-state index contributed by atoms with van der Waals surface area (Å²) < 4.78 is 23.6. The van der Waals surface area contributed by atoms with Crippen LogP contribution in [0.1, 0.15) is 39.4 Å². The number of fused-ring (bicyclic) bond motifs is 1. The minimum Gasteiger partial charge on any atom is -0.493 e. The number of aryl methyl sites for hydroxylation is 1. The van der Waals surface area contributed by atoms with E-state index in [0.717, 1.165) is 33.4 Å². The smallest absolute Gasteiger partial charge is 0.315 e. The number of ether oxygens (including phenoxy) is 4. The molecule has 0 radical (unpaired) electrons. The third-order valence-corrected chi connectivity index (χ3v) is 7.47. The van der Waals surface area contributed by atoms with Crippen LogP contribution in [0.3, 0.4) is 0 Å². The average molecular weight is 565 g/mol. The Morgan fingerprint density at radius 2 is 1.40 bits per heavy atom. The third kappa shape index (κ3) is 6.52. The number of urea groups is 1. The van der Waals surface area contributed by atoms with Gasteiger partial charge in [-0.2, -0.15) is 0 Å². The van der Waals surface area contributed by atoms with Gasteiger partial charge in [0.1, 0.15) is 13.2 Å². The summed E-state index contributed by atoms with van der Waals surface area (Å²) in [6.07, 6.45) is 4.67. The zero-order valence-corrected chi connectivity index (χ0v) is 24.2. The van der Waals surface area contributed by atoms with Gasteiger partial charge in [0.15, 0.2) is 23.0 Å². The van der Waals surface area contributed by atoms with Crippen LogP contribution in [0, 0.1) is 6.92 Å². The van der Waals surface area contributed by atoms with Crippen LogP contribution in [-0.4, -0.2) is 31.7 Å². The van der Waals surface area contributed by atoms with Crippen molar-refractivity contribution in [2.75, 3.05) is 20.8 Å². The largest absolute Gasteiger partial charge is 0.493 e. The van der Waals surface area contributed by atoms with Gasteiger partial charge in [-0.25, -0.2) is 4.79 Å². The summed E-state index contributed by atoms with van der Waals surface area (Å²) in [5.74, 6) is 2.58. The molecule has 0 aliphatic carbocycles. The number of nitrogens with two attached hydrogens (primary N) is 1. The first-order valence-electron chi connectivity index (χ1n) is 13.9. The van der Waals surface area contributed by atoms with E-state index in [0.29, 0.717) is 49.2 Å². The van der Waals surface area contributed by atoms with Gasteiger partial charge in [0.05, 0.1) is 20.3 Å². The molecule has 4 aromatic rings. The minimum atomic E-state index is -0.475. The van der Waals surface area contributed by atoms with E-state index in [4.69, 9.17) is 24.7 Å². The van der Waals surface area contributed by atoms with Crippen molar-refractivity contribution in [3.63, 3.8) is 0 Å². The molecule has 5 rings (SSSR count). The van der Waals surface area contributed by atoms with Gasteiger partial charge in [0, 0.05) is 6.54 Å². The summed E-state index contributed by atoms with van der Waals surface area (Å²) in [7, 11) is 3.25. The lowest BCUT2D eigenvalue weighted by Crippen LogP contribution is -2.42. The Morgan fingerprint density at radius 1 is 0.833 bits per heavy atom. The van der Waals surface area contributed by atoms with E-state index in [2.05, 4.69) is 0 Å². The topological polar surface area (TPSA) is 83.3 Å². The van der Waals surface area contributed by atoms with Gasteiger partial charge in [0.2, 0.25) is 0 Å². The SMILES string of the molecule is COc1cc(C)c(/C=C/C2c3cc(OC)c(OCc4ccccc4)cc3CCN2C(N)=O)cc1OCc1ccccc1. The first-order valence-corrected chi connectivity index (χ1v) is 13.9. The molecule has 0 aromatic heterocycles. The van der Waals surface area contributed by atoms with E-state index in [-0.39, 0.29) is 6.04 Å². The number of carbonyl (C=O) groups is 1. The molecule has 0 fully saturated rings. The number of benzene rings is 4. The fourth-order valence-electron chi connectivity index (χ4n) is 5.18. The molecule has 0 bridgehead atoms. The zero-order valence-electron chi connectivity index (χ0n) is 24.2. The Kier molecular flexibility index (Phi) is 8.97. The lowest BCUT2D eigenvalue weighted by molar-refractivity contribution is 0.191. The molecule has 216 valence electrons. The minimum absolute atomic E-state index is 0.376. The van der Waals surface area contributed by atoms with Gasteiger partial charge < -0.3 is 29.6 Å². The second-order valence-electron chi connectivity index (χ2n) is 10.2. The molecule has 42 heavy (non-hydrogen) atoms. The molecule has 0 saturated heterocycles. The molecular weight excluding hydrogens is 528 g/mol. The molecule has 1 unspecified atom stereocenters. The van der Waals surface area contributed by atoms with Crippen LogP contribution in [0.4, 0.5) is 4.79 Å². The van der Waals surface area contributed by atoms with Crippen LogP contribution in [-0.2, 0) is 19.6 Å². The maximum Gasteiger partial charge on any atom is 0.315 e.